The molecule has 3 aromatic carbocycles. The fourth-order valence-corrected chi connectivity index (χ4v) is 6.21. The molecule has 0 aromatic heterocycles. The Labute approximate surface area is 266 Å². The van der Waals surface area contributed by atoms with Gasteiger partial charge in [-0.15, -0.1) is 6.58 Å². The van der Waals surface area contributed by atoms with E-state index in [1.54, 1.807) is 24.1 Å². The van der Waals surface area contributed by atoms with E-state index < -0.39 is 0 Å². The number of morpholine rings is 1. The zero-order valence-electron chi connectivity index (χ0n) is 24.1. The number of carbonyl (C=O) groups is 1. The van der Waals surface area contributed by atoms with E-state index in [4.69, 9.17) is 42.4 Å². The Balaban J connectivity index is 1.38. The Bertz CT molecular complexity index is 1550. The van der Waals surface area contributed by atoms with Crippen molar-refractivity contribution >= 4 is 63.5 Å². The molecule has 0 bridgehead atoms. The Hall–Kier alpha value is -3.43. The summed E-state index contributed by atoms with van der Waals surface area (Å²) in [7, 11) is 1.74. The minimum absolute atomic E-state index is 0.116. The monoisotopic (exact) mass is 637 g/mol. The summed E-state index contributed by atoms with van der Waals surface area (Å²) < 4.78 is 17.7. The van der Waals surface area contributed by atoms with Crippen molar-refractivity contribution in [2.45, 2.75) is 20.0 Å². The van der Waals surface area contributed by atoms with Crippen LogP contribution in [0.15, 0.2) is 77.1 Å². The first kappa shape index (κ1) is 31.0. The second-order valence-corrected chi connectivity index (χ2v) is 11.8. The number of nitrogens with zero attached hydrogens (tertiary/aromatic N) is 3. The summed E-state index contributed by atoms with van der Waals surface area (Å²) in [5, 5.41) is 1.71. The molecule has 0 saturated carbocycles. The van der Waals surface area contributed by atoms with Gasteiger partial charge in [-0.25, -0.2) is 4.99 Å². The zero-order chi connectivity index (χ0) is 30.3. The molecular weight excluding hydrogens is 605 g/mol. The van der Waals surface area contributed by atoms with Crippen LogP contribution in [0.25, 0.3) is 6.08 Å². The summed E-state index contributed by atoms with van der Waals surface area (Å²) in [6.07, 6.45) is 4.22. The predicted molar refractivity (Wildman–Crippen MR) is 177 cm³/mol. The Morgan fingerprint density at radius 2 is 1.81 bits per heavy atom. The Morgan fingerprint density at radius 3 is 2.51 bits per heavy atom. The third-order valence-electron chi connectivity index (χ3n) is 6.96. The van der Waals surface area contributed by atoms with E-state index in [9.17, 15) is 4.79 Å². The van der Waals surface area contributed by atoms with Gasteiger partial charge in [0.15, 0.2) is 16.7 Å². The third kappa shape index (κ3) is 7.57. The van der Waals surface area contributed by atoms with Gasteiger partial charge in [-0.3, -0.25) is 9.69 Å². The highest BCUT2D eigenvalue weighted by atomic mass is 35.5. The number of amidine groups is 1. The second-order valence-electron chi connectivity index (χ2n) is 9.94. The van der Waals surface area contributed by atoms with Gasteiger partial charge >= 0.3 is 0 Å². The van der Waals surface area contributed by atoms with Gasteiger partial charge in [-0.2, -0.15) is 0 Å². The van der Waals surface area contributed by atoms with Crippen molar-refractivity contribution in [2.75, 3.05) is 44.9 Å². The molecule has 2 aliphatic rings. The van der Waals surface area contributed by atoms with Gasteiger partial charge in [0, 0.05) is 47.0 Å². The fourth-order valence-electron chi connectivity index (χ4n) is 4.76. The van der Waals surface area contributed by atoms with Gasteiger partial charge in [0.2, 0.25) is 0 Å². The van der Waals surface area contributed by atoms with Crippen molar-refractivity contribution in [1.82, 2.24) is 4.90 Å². The summed E-state index contributed by atoms with van der Waals surface area (Å²) in [5.41, 5.74) is 4.44. The summed E-state index contributed by atoms with van der Waals surface area (Å²) in [4.78, 5) is 22.4. The zero-order valence-corrected chi connectivity index (χ0v) is 26.5. The minimum atomic E-state index is -0.116. The number of anilines is 1. The molecule has 2 saturated heterocycles. The van der Waals surface area contributed by atoms with Gasteiger partial charge in [-0.05, 0) is 85.3 Å². The van der Waals surface area contributed by atoms with E-state index in [-0.39, 0.29) is 12.5 Å². The summed E-state index contributed by atoms with van der Waals surface area (Å²) >= 11 is 13.8. The number of carbonyl (C=O) groups excluding carboxylic acids is 1. The molecule has 0 spiro atoms. The van der Waals surface area contributed by atoms with Gasteiger partial charge < -0.3 is 19.1 Å². The highest BCUT2D eigenvalue weighted by Gasteiger charge is 2.30. The number of benzene rings is 3. The van der Waals surface area contributed by atoms with Crippen molar-refractivity contribution in [1.29, 1.82) is 0 Å². The summed E-state index contributed by atoms with van der Waals surface area (Å²) in [6, 6.07) is 17.3. The van der Waals surface area contributed by atoms with Crippen LogP contribution in [0.3, 0.4) is 0 Å². The molecule has 7 nitrogen and oxygen atoms in total. The van der Waals surface area contributed by atoms with Crippen LogP contribution >= 0.6 is 35.0 Å². The topological polar surface area (TPSA) is 63.6 Å². The summed E-state index contributed by atoms with van der Waals surface area (Å²) in [5.74, 6) is 1.08. The molecule has 3 aromatic rings. The number of rotatable bonds is 10. The van der Waals surface area contributed by atoms with Crippen molar-refractivity contribution in [3.8, 4) is 11.5 Å². The maximum atomic E-state index is 13.2. The molecule has 43 heavy (non-hydrogen) atoms. The SMILES string of the molecule is C=CCc1cc(/C=C2\SC(=Nc3ccc(N4CCOCC4)cc3)N(C)C2=O)cc(OCC)c1OCc1ccc(Cl)cc1Cl. The van der Waals surface area contributed by atoms with Crippen LogP contribution in [-0.2, 0) is 22.6 Å². The van der Waals surface area contributed by atoms with Crippen LogP contribution in [-0.4, -0.2) is 55.9 Å². The Morgan fingerprint density at radius 1 is 1.05 bits per heavy atom. The lowest BCUT2D eigenvalue weighted by molar-refractivity contribution is -0.121. The molecule has 5 rings (SSSR count). The number of hydrogen-bond donors (Lipinski definition) is 0. The average Bonchev–Trinajstić information content (AvgIpc) is 3.26. The van der Waals surface area contributed by atoms with E-state index in [2.05, 4.69) is 23.6 Å². The molecule has 2 aliphatic heterocycles. The number of likely N-dealkylation sites (N-methyl/N-ethyl adjacent to an activating group) is 1. The maximum Gasteiger partial charge on any atom is 0.266 e. The van der Waals surface area contributed by atoms with Crippen LogP contribution in [0.5, 0.6) is 11.5 Å². The largest absolute Gasteiger partial charge is 0.490 e. The van der Waals surface area contributed by atoms with Crippen LogP contribution in [0.4, 0.5) is 11.4 Å². The number of allylic oxidation sites excluding steroid dienone is 1. The minimum Gasteiger partial charge on any atom is -0.490 e. The highest BCUT2D eigenvalue weighted by molar-refractivity contribution is 8.18. The average molecular weight is 639 g/mol. The van der Waals surface area contributed by atoms with Crippen molar-refractivity contribution in [2.24, 2.45) is 4.99 Å². The smallest absolute Gasteiger partial charge is 0.266 e. The van der Waals surface area contributed by atoms with Gasteiger partial charge in [0.25, 0.3) is 5.91 Å². The molecule has 0 unspecified atom stereocenters. The Kier molecular flexibility index (Phi) is 10.4. The number of amides is 1. The first-order valence-electron chi connectivity index (χ1n) is 14.0. The van der Waals surface area contributed by atoms with Crippen LogP contribution in [0.2, 0.25) is 10.0 Å². The lowest BCUT2D eigenvalue weighted by Gasteiger charge is -2.28. The molecule has 2 heterocycles. The van der Waals surface area contributed by atoms with Gasteiger partial charge in [0.05, 0.1) is 30.4 Å². The first-order chi connectivity index (χ1) is 20.9. The van der Waals surface area contributed by atoms with E-state index >= 15 is 0 Å². The van der Waals surface area contributed by atoms with Gasteiger partial charge in [-0.1, -0.05) is 35.3 Å². The summed E-state index contributed by atoms with van der Waals surface area (Å²) in [6.45, 7) is 9.74. The number of ether oxygens (including phenoxy) is 3. The number of thioether (sulfide) groups is 1. The van der Waals surface area contributed by atoms with Crippen molar-refractivity contribution in [3.05, 3.63) is 98.9 Å². The molecule has 0 radical (unpaired) electrons. The molecular formula is C33H33Cl2N3O4S. The van der Waals surface area contributed by atoms with Crippen LogP contribution in [0.1, 0.15) is 23.6 Å². The van der Waals surface area contributed by atoms with E-state index in [0.29, 0.717) is 44.6 Å². The molecule has 0 atom stereocenters. The number of hydrogen-bond acceptors (Lipinski definition) is 7. The fraction of sp³-hybridized carbons (Fsp3) is 0.273. The van der Waals surface area contributed by atoms with Crippen molar-refractivity contribution < 1.29 is 19.0 Å². The van der Waals surface area contributed by atoms with Crippen LogP contribution in [0, 0.1) is 0 Å². The lowest BCUT2D eigenvalue weighted by Crippen LogP contribution is -2.36. The highest BCUT2D eigenvalue weighted by Crippen LogP contribution is 2.38. The lowest BCUT2D eigenvalue weighted by atomic mass is 10.0. The normalized spacial score (nSPS) is 17.2. The molecule has 0 aliphatic carbocycles. The molecule has 2 fully saturated rings. The van der Waals surface area contributed by atoms with Gasteiger partial charge in [0.1, 0.15) is 6.61 Å². The molecule has 1 amide bonds. The first-order valence-corrected chi connectivity index (χ1v) is 15.6. The quantitative estimate of drug-likeness (QED) is 0.167. The molecule has 224 valence electrons. The third-order valence-corrected chi connectivity index (χ3v) is 8.60. The maximum absolute atomic E-state index is 13.2. The standard InChI is InChI=1S/C33H33Cl2N3O4S/c1-4-6-23-17-22(18-29(41-5-2)31(23)42-21-24-7-8-25(34)20-28(24)35)19-30-32(39)37(3)33(43-30)36-26-9-11-27(12-10-26)38-13-15-40-16-14-38/h4,7-12,17-20H,1,5-6,13-16,21H2,2-3H3/b30-19-,36-33?. The van der Waals surface area contributed by atoms with E-state index in [1.165, 1.54) is 11.8 Å². The van der Waals surface area contributed by atoms with Crippen molar-refractivity contribution in [3.63, 3.8) is 0 Å². The molecule has 10 heteroatoms. The van der Waals surface area contributed by atoms with E-state index in [0.717, 1.165) is 54.4 Å². The van der Waals surface area contributed by atoms with E-state index in [1.807, 2.05) is 49.4 Å². The predicted octanol–water partition coefficient (Wildman–Crippen LogP) is 7.77. The number of aliphatic imine (C=N–C) groups is 1. The van der Waals surface area contributed by atoms with Crippen LogP contribution < -0.4 is 14.4 Å². The second kappa shape index (κ2) is 14.4. The number of halogens is 2. The molecule has 0 N–H and O–H groups in total.